The summed E-state index contributed by atoms with van der Waals surface area (Å²) >= 11 is 1.52. The molecule has 0 unspecified atom stereocenters. The molecule has 0 bridgehead atoms. The molecule has 114 valence electrons. The molecule has 0 amide bonds. The number of hydrogen-bond acceptors (Lipinski definition) is 5. The Balaban J connectivity index is 1.99. The van der Waals surface area contributed by atoms with E-state index in [4.69, 9.17) is 9.79 Å². The summed E-state index contributed by atoms with van der Waals surface area (Å²) in [7, 11) is -4.13. The standard InChI is InChI=1S/C14H14N3O3PS/c1-9-2-4-10(5-3-9)12-6-11-13(17-8-21(18,19)20)15-7-16-14(11)22-12/h2-7H,8H2,1H3,(H,15,16,17)(H2,18,19,20). The van der Waals surface area contributed by atoms with Gasteiger partial charge in [0.1, 0.15) is 23.3 Å². The number of fused-ring (bicyclic) bond motifs is 1. The molecular formula is C14H14N3O3PS. The fourth-order valence-electron chi connectivity index (χ4n) is 2.03. The van der Waals surface area contributed by atoms with E-state index in [-0.39, 0.29) is 0 Å². The van der Waals surface area contributed by atoms with E-state index in [2.05, 4.69) is 15.3 Å². The van der Waals surface area contributed by atoms with Crippen molar-refractivity contribution >= 4 is 35.0 Å². The van der Waals surface area contributed by atoms with Gasteiger partial charge in [0.2, 0.25) is 0 Å². The van der Waals surface area contributed by atoms with Crippen molar-refractivity contribution in [1.29, 1.82) is 0 Å². The molecule has 0 fully saturated rings. The van der Waals surface area contributed by atoms with Gasteiger partial charge in [0.05, 0.1) is 5.39 Å². The normalized spacial score (nSPS) is 11.8. The van der Waals surface area contributed by atoms with E-state index in [1.165, 1.54) is 23.2 Å². The van der Waals surface area contributed by atoms with Crippen LogP contribution in [0.3, 0.4) is 0 Å². The molecule has 0 radical (unpaired) electrons. The topological polar surface area (TPSA) is 95.3 Å². The van der Waals surface area contributed by atoms with Gasteiger partial charge in [-0.2, -0.15) is 0 Å². The number of anilines is 1. The Morgan fingerprint density at radius 1 is 1.23 bits per heavy atom. The van der Waals surface area contributed by atoms with E-state index < -0.39 is 13.9 Å². The summed E-state index contributed by atoms with van der Waals surface area (Å²) in [5.41, 5.74) is 2.27. The zero-order valence-corrected chi connectivity index (χ0v) is 13.4. The Kier molecular flexibility index (Phi) is 3.97. The van der Waals surface area contributed by atoms with Crippen molar-refractivity contribution in [2.24, 2.45) is 0 Å². The highest BCUT2D eigenvalue weighted by Gasteiger charge is 2.15. The van der Waals surface area contributed by atoms with Crippen LogP contribution in [-0.4, -0.2) is 26.0 Å². The average molecular weight is 335 g/mol. The first-order valence-corrected chi connectivity index (χ1v) is 9.14. The van der Waals surface area contributed by atoms with Crippen LogP contribution in [0.4, 0.5) is 5.82 Å². The number of rotatable bonds is 4. The minimum Gasteiger partial charge on any atom is -0.358 e. The molecule has 22 heavy (non-hydrogen) atoms. The minimum atomic E-state index is -4.13. The van der Waals surface area contributed by atoms with Crippen LogP contribution < -0.4 is 5.32 Å². The lowest BCUT2D eigenvalue weighted by Gasteiger charge is -2.07. The maximum Gasteiger partial charge on any atom is 0.344 e. The summed E-state index contributed by atoms with van der Waals surface area (Å²) in [6.45, 7) is 2.03. The number of aromatic nitrogens is 2. The molecule has 0 spiro atoms. The van der Waals surface area contributed by atoms with Gasteiger partial charge in [0, 0.05) is 4.88 Å². The van der Waals surface area contributed by atoms with E-state index in [1.54, 1.807) is 0 Å². The van der Waals surface area contributed by atoms with Crippen LogP contribution >= 0.6 is 18.9 Å². The van der Waals surface area contributed by atoms with Gasteiger partial charge in [0.25, 0.3) is 0 Å². The second-order valence-corrected chi connectivity index (χ2v) is 7.59. The van der Waals surface area contributed by atoms with E-state index in [9.17, 15) is 4.57 Å². The lowest BCUT2D eigenvalue weighted by atomic mass is 10.1. The molecule has 0 aliphatic rings. The van der Waals surface area contributed by atoms with Crippen molar-refractivity contribution < 1.29 is 14.4 Å². The fraction of sp³-hybridized carbons (Fsp3) is 0.143. The van der Waals surface area contributed by atoms with Crippen molar-refractivity contribution in [3.63, 3.8) is 0 Å². The zero-order chi connectivity index (χ0) is 15.7. The average Bonchev–Trinajstić information content (AvgIpc) is 2.89. The number of nitrogens with one attached hydrogen (secondary N) is 1. The molecule has 8 heteroatoms. The van der Waals surface area contributed by atoms with Crippen molar-refractivity contribution in [3.05, 3.63) is 42.2 Å². The molecule has 2 aromatic heterocycles. The third kappa shape index (κ3) is 3.34. The molecule has 3 N–H and O–H groups in total. The van der Waals surface area contributed by atoms with Gasteiger partial charge < -0.3 is 15.1 Å². The molecule has 1 aromatic carbocycles. The highest BCUT2D eigenvalue weighted by Crippen LogP contribution is 2.37. The molecule has 0 aliphatic heterocycles. The van der Waals surface area contributed by atoms with Gasteiger partial charge in [-0.3, -0.25) is 4.57 Å². The first-order valence-electron chi connectivity index (χ1n) is 6.52. The number of nitrogens with zero attached hydrogens (tertiary/aromatic N) is 2. The second-order valence-electron chi connectivity index (χ2n) is 4.92. The second kappa shape index (κ2) is 5.78. The van der Waals surface area contributed by atoms with Gasteiger partial charge in [-0.05, 0) is 18.6 Å². The molecule has 0 atom stereocenters. The molecule has 0 saturated heterocycles. The summed E-state index contributed by atoms with van der Waals surface area (Å²) in [5.74, 6) is 0.433. The van der Waals surface area contributed by atoms with Gasteiger partial charge in [-0.25, -0.2) is 9.97 Å². The molecule has 3 aromatic rings. The van der Waals surface area contributed by atoms with Crippen LogP contribution in [0.1, 0.15) is 5.56 Å². The highest BCUT2D eigenvalue weighted by atomic mass is 32.1. The first kappa shape index (κ1) is 15.1. The van der Waals surface area contributed by atoms with E-state index >= 15 is 0 Å². The number of hydrogen-bond donors (Lipinski definition) is 3. The first-order chi connectivity index (χ1) is 10.4. The zero-order valence-electron chi connectivity index (χ0n) is 11.7. The monoisotopic (exact) mass is 335 g/mol. The van der Waals surface area contributed by atoms with Gasteiger partial charge >= 0.3 is 7.60 Å². The lowest BCUT2D eigenvalue weighted by molar-refractivity contribution is 0.375. The SMILES string of the molecule is Cc1ccc(-c2cc3c(NCP(=O)(O)O)ncnc3s2)cc1. The van der Waals surface area contributed by atoms with E-state index in [0.717, 1.165) is 20.7 Å². The summed E-state index contributed by atoms with van der Waals surface area (Å²) < 4.78 is 11.0. The third-order valence-electron chi connectivity index (χ3n) is 3.12. The van der Waals surface area contributed by atoms with Gasteiger partial charge in [0.15, 0.2) is 0 Å². The summed E-state index contributed by atoms with van der Waals surface area (Å²) in [4.78, 5) is 28.0. The fourth-order valence-corrected chi connectivity index (χ4v) is 3.39. The summed E-state index contributed by atoms with van der Waals surface area (Å²) in [6, 6.07) is 10.1. The molecule has 0 saturated carbocycles. The minimum absolute atomic E-state index is 0.433. The van der Waals surface area contributed by atoms with Crippen molar-refractivity contribution in [2.45, 2.75) is 6.92 Å². The Morgan fingerprint density at radius 2 is 1.95 bits per heavy atom. The van der Waals surface area contributed by atoms with Crippen LogP contribution in [0.5, 0.6) is 0 Å². The Bertz CT molecular complexity index is 857. The van der Waals surface area contributed by atoms with Crippen LogP contribution in [0, 0.1) is 6.92 Å². The Hall–Kier alpha value is -1.79. The molecular weight excluding hydrogens is 321 g/mol. The van der Waals surface area contributed by atoms with Gasteiger partial charge in [-0.15, -0.1) is 11.3 Å². The van der Waals surface area contributed by atoms with Crippen LogP contribution in [-0.2, 0) is 4.57 Å². The van der Waals surface area contributed by atoms with Crippen molar-refractivity contribution in [1.82, 2.24) is 9.97 Å². The predicted molar refractivity (Wildman–Crippen MR) is 88.1 cm³/mol. The molecule has 3 rings (SSSR count). The highest BCUT2D eigenvalue weighted by molar-refractivity contribution is 7.51. The number of aryl methyl sites for hydroxylation is 1. The van der Waals surface area contributed by atoms with E-state index in [1.807, 2.05) is 37.3 Å². The quantitative estimate of drug-likeness (QED) is 0.634. The maximum absolute atomic E-state index is 11.0. The lowest BCUT2D eigenvalue weighted by Crippen LogP contribution is -2.04. The third-order valence-corrected chi connectivity index (χ3v) is 4.78. The Morgan fingerprint density at radius 3 is 2.64 bits per heavy atom. The van der Waals surface area contributed by atoms with Crippen LogP contribution in [0.25, 0.3) is 20.7 Å². The van der Waals surface area contributed by atoms with Gasteiger partial charge in [-0.1, -0.05) is 29.8 Å². The largest absolute Gasteiger partial charge is 0.358 e. The molecule has 0 aliphatic carbocycles. The predicted octanol–water partition coefficient (Wildman–Crippen LogP) is 3.21. The molecule has 6 nitrogen and oxygen atoms in total. The smallest absolute Gasteiger partial charge is 0.344 e. The maximum atomic E-state index is 11.0. The summed E-state index contributed by atoms with van der Waals surface area (Å²) in [5, 5.41) is 3.45. The molecule has 2 heterocycles. The van der Waals surface area contributed by atoms with E-state index in [0.29, 0.717) is 5.82 Å². The summed E-state index contributed by atoms with van der Waals surface area (Å²) in [6.07, 6.45) is 0.939. The van der Waals surface area contributed by atoms with Crippen LogP contribution in [0.2, 0.25) is 0 Å². The number of thiophene rings is 1. The van der Waals surface area contributed by atoms with Crippen molar-refractivity contribution in [3.8, 4) is 10.4 Å². The number of benzene rings is 1. The Labute approximate surface area is 131 Å². The van der Waals surface area contributed by atoms with Crippen LogP contribution in [0.15, 0.2) is 36.7 Å². The van der Waals surface area contributed by atoms with Crippen molar-refractivity contribution in [2.75, 3.05) is 11.6 Å².